The molecule has 8 nitrogen and oxygen atoms in total. The topological polar surface area (TPSA) is 117 Å². The fraction of sp³-hybridized carbons (Fsp3) is 0.0909. The second kappa shape index (κ2) is 9.21. The SMILES string of the molecule is N#Cc1c(O)c(Cl)c(Cl)c(OC(COn2nnc3ccccc32)c2ccc(F)cc2)c1C#N. The molecule has 0 radical (unpaired) electrons. The lowest BCUT2D eigenvalue weighted by Gasteiger charge is -2.22. The van der Waals surface area contributed by atoms with E-state index in [1.807, 2.05) is 0 Å². The van der Waals surface area contributed by atoms with Gasteiger partial charge in [-0.3, -0.25) is 0 Å². The van der Waals surface area contributed by atoms with Crippen molar-refractivity contribution >= 4 is 34.2 Å². The number of nitriles is 2. The van der Waals surface area contributed by atoms with Crippen LogP contribution in [0.1, 0.15) is 22.8 Å². The molecule has 0 saturated heterocycles. The number of aromatic hydroxyl groups is 1. The first kappa shape index (κ1) is 22.2. The zero-order valence-corrected chi connectivity index (χ0v) is 18.0. The van der Waals surface area contributed by atoms with Gasteiger partial charge in [-0.15, -0.1) is 5.10 Å². The van der Waals surface area contributed by atoms with Crippen LogP contribution in [0.25, 0.3) is 11.0 Å². The summed E-state index contributed by atoms with van der Waals surface area (Å²) in [6.07, 6.45) is -0.940. The van der Waals surface area contributed by atoms with Gasteiger partial charge in [0.05, 0.1) is 0 Å². The zero-order chi connectivity index (χ0) is 23.5. The maximum atomic E-state index is 13.5. The molecule has 0 aliphatic rings. The molecular weight excluding hydrogens is 472 g/mol. The lowest BCUT2D eigenvalue weighted by molar-refractivity contribution is 0.0242. The second-order valence-electron chi connectivity index (χ2n) is 6.68. The van der Waals surface area contributed by atoms with Crippen molar-refractivity contribution in [3.05, 3.63) is 81.1 Å². The molecule has 33 heavy (non-hydrogen) atoms. The van der Waals surface area contributed by atoms with Crippen molar-refractivity contribution in [3.63, 3.8) is 0 Å². The van der Waals surface area contributed by atoms with E-state index in [0.29, 0.717) is 16.6 Å². The molecule has 164 valence electrons. The monoisotopic (exact) mass is 483 g/mol. The molecule has 0 bridgehead atoms. The normalized spacial score (nSPS) is 11.5. The first-order valence-electron chi connectivity index (χ1n) is 9.34. The predicted molar refractivity (Wildman–Crippen MR) is 116 cm³/mol. The number of rotatable bonds is 6. The molecule has 4 rings (SSSR count). The molecule has 1 atom stereocenters. The van der Waals surface area contributed by atoms with E-state index in [1.165, 1.54) is 29.1 Å². The minimum absolute atomic E-state index is 0.166. The molecule has 0 fully saturated rings. The molecule has 3 aromatic carbocycles. The van der Waals surface area contributed by atoms with Gasteiger partial charge in [-0.05, 0) is 35.0 Å². The van der Waals surface area contributed by atoms with E-state index in [-0.39, 0.29) is 33.5 Å². The van der Waals surface area contributed by atoms with Gasteiger partial charge in [0.15, 0.2) is 24.2 Å². The molecule has 0 amide bonds. The highest BCUT2D eigenvalue weighted by Gasteiger charge is 2.27. The van der Waals surface area contributed by atoms with Crippen LogP contribution in [0.15, 0.2) is 48.5 Å². The summed E-state index contributed by atoms with van der Waals surface area (Å²) in [5.74, 6) is -1.31. The van der Waals surface area contributed by atoms with Crippen molar-refractivity contribution in [2.24, 2.45) is 0 Å². The van der Waals surface area contributed by atoms with E-state index >= 15 is 0 Å². The summed E-state index contributed by atoms with van der Waals surface area (Å²) in [4.78, 5) is 6.95. The van der Waals surface area contributed by atoms with Crippen LogP contribution in [-0.4, -0.2) is 26.9 Å². The lowest BCUT2D eigenvalue weighted by Crippen LogP contribution is -2.24. The number of para-hydroxylation sites is 1. The van der Waals surface area contributed by atoms with Gasteiger partial charge in [0.25, 0.3) is 0 Å². The number of aromatic nitrogens is 3. The van der Waals surface area contributed by atoms with E-state index < -0.39 is 17.7 Å². The number of halogens is 3. The highest BCUT2D eigenvalue weighted by molar-refractivity contribution is 6.44. The average Bonchev–Trinajstić information content (AvgIpc) is 3.25. The van der Waals surface area contributed by atoms with Crippen LogP contribution in [0.4, 0.5) is 4.39 Å². The number of phenolic OH excluding ortho intramolecular Hbond substituents is 1. The molecule has 0 aliphatic carbocycles. The number of benzene rings is 3. The van der Waals surface area contributed by atoms with Crippen LogP contribution >= 0.6 is 23.2 Å². The maximum absolute atomic E-state index is 13.5. The van der Waals surface area contributed by atoms with E-state index in [1.54, 1.807) is 36.4 Å². The molecule has 4 aromatic rings. The van der Waals surface area contributed by atoms with Crippen LogP contribution < -0.4 is 9.57 Å². The summed E-state index contributed by atoms with van der Waals surface area (Å²) < 4.78 is 19.5. The Morgan fingerprint density at radius 2 is 1.73 bits per heavy atom. The zero-order valence-electron chi connectivity index (χ0n) is 16.5. The minimum Gasteiger partial charge on any atom is -0.505 e. The molecule has 1 unspecified atom stereocenters. The Labute approximate surface area is 196 Å². The Morgan fingerprint density at radius 3 is 2.42 bits per heavy atom. The van der Waals surface area contributed by atoms with Crippen LogP contribution in [-0.2, 0) is 0 Å². The fourth-order valence-corrected chi connectivity index (χ4v) is 3.49. The van der Waals surface area contributed by atoms with Gasteiger partial charge < -0.3 is 14.7 Å². The lowest BCUT2D eigenvalue weighted by atomic mass is 10.1. The molecule has 1 aromatic heterocycles. The minimum atomic E-state index is -0.940. The van der Waals surface area contributed by atoms with Crippen molar-refractivity contribution in [2.45, 2.75) is 6.10 Å². The third-order valence-electron chi connectivity index (χ3n) is 4.71. The highest BCUT2D eigenvalue weighted by atomic mass is 35.5. The Hall–Kier alpha value is -4.05. The quantitative estimate of drug-likeness (QED) is 0.426. The molecule has 0 aliphatic heterocycles. The standard InChI is InChI=1S/C22H12Cl2FN5O3/c23-19-20(24)22(15(10-27)14(9-26)21(19)31)33-18(12-5-7-13(25)8-6-12)11-32-30-17-4-2-1-3-16(17)28-29-30/h1-8,18,31H,11H2. The number of hydrogen-bond acceptors (Lipinski definition) is 7. The van der Waals surface area contributed by atoms with Gasteiger partial charge >= 0.3 is 0 Å². The summed E-state index contributed by atoms with van der Waals surface area (Å²) in [6.45, 7) is -0.166. The third-order valence-corrected chi connectivity index (χ3v) is 5.53. The van der Waals surface area contributed by atoms with E-state index in [0.717, 1.165) is 0 Å². The fourth-order valence-electron chi connectivity index (χ4n) is 3.08. The summed E-state index contributed by atoms with van der Waals surface area (Å²) >= 11 is 12.3. The maximum Gasteiger partial charge on any atom is 0.160 e. The van der Waals surface area contributed by atoms with Gasteiger partial charge in [0.1, 0.15) is 50.2 Å². The third kappa shape index (κ3) is 4.20. The number of fused-ring (bicyclic) bond motifs is 1. The van der Waals surface area contributed by atoms with Gasteiger partial charge in [-0.1, -0.05) is 52.3 Å². The summed E-state index contributed by atoms with van der Waals surface area (Å²) in [6, 6.07) is 16.0. The van der Waals surface area contributed by atoms with Crippen molar-refractivity contribution in [1.29, 1.82) is 10.5 Å². The van der Waals surface area contributed by atoms with Gasteiger partial charge in [-0.25, -0.2) is 4.39 Å². The smallest absolute Gasteiger partial charge is 0.160 e. The molecule has 11 heteroatoms. The Balaban J connectivity index is 1.74. The first-order valence-corrected chi connectivity index (χ1v) is 10.1. The molecule has 0 spiro atoms. The van der Waals surface area contributed by atoms with Gasteiger partial charge in [0, 0.05) is 0 Å². The molecule has 0 saturated carbocycles. The van der Waals surface area contributed by atoms with Crippen molar-refractivity contribution in [1.82, 2.24) is 15.2 Å². The summed E-state index contributed by atoms with van der Waals surface area (Å²) in [7, 11) is 0. The summed E-state index contributed by atoms with van der Waals surface area (Å²) in [5.41, 5.74) is 0.996. The molecule has 1 N–H and O–H groups in total. The van der Waals surface area contributed by atoms with Gasteiger partial charge in [-0.2, -0.15) is 10.5 Å². The number of nitrogens with zero attached hydrogens (tertiary/aromatic N) is 5. The Bertz CT molecular complexity index is 1430. The average molecular weight is 484 g/mol. The second-order valence-corrected chi connectivity index (χ2v) is 7.44. The van der Waals surface area contributed by atoms with Crippen LogP contribution in [0.2, 0.25) is 10.0 Å². The van der Waals surface area contributed by atoms with E-state index in [4.69, 9.17) is 32.8 Å². The van der Waals surface area contributed by atoms with Crippen LogP contribution in [0.3, 0.4) is 0 Å². The summed E-state index contributed by atoms with van der Waals surface area (Å²) in [5, 5.41) is 36.4. The number of phenols is 1. The molecule has 1 heterocycles. The molecular formula is C22H12Cl2FN5O3. The van der Waals surface area contributed by atoms with Crippen molar-refractivity contribution in [3.8, 4) is 23.6 Å². The highest BCUT2D eigenvalue weighted by Crippen LogP contribution is 2.45. The Morgan fingerprint density at radius 1 is 1.03 bits per heavy atom. The number of hydrogen-bond donors (Lipinski definition) is 1. The van der Waals surface area contributed by atoms with Crippen LogP contribution in [0.5, 0.6) is 11.5 Å². The first-order chi connectivity index (χ1) is 15.9. The van der Waals surface area contributed by atoms with Gasteiger partial charge in [0.2, 0.25) is 0 Å². The Kier molecular flexibility index (Phi) is 6.18. The van der Waals surface area contributed by atoms with Crippen LogP contribution in [0, 0.1) is 28.5 Å². The van der Waals surface area contributed by atoms with Crippen molar-refractivity contribution < 1.29 is 19.1 Å². The number of ether oxygens (including phenoxy) is 1. The van der Waals surface area contributed by atoms with E-state index in [2.05, 4.69) is 10.3 Å². The predicted octanol–water partition coefficient (Wildman–Crippen LogP) is 4.58. The largest absolute Gasteiger partial charge is 0.505 e. The van der Waals surface area contributed by atoms with E-state index in [9.17, 15) is 20.0 Å². The van der Waals surface area contributed by atoms with Crippen molar-refractivity contribution in [2.75, 3.05) is 6.61 Å².